The summed E-state index contributed by atoms with van der Waals surface area (Å²) >= 11 is 0. The Bertz CT molecular complexity index is 966. The van der Waals surface area contributed by atoms with Crippen LogP contribution in [0.25, 0.3) is 0 Å². The number of aromatic nitrogens is 1. The highest BCUT2D eigenvalue weighted by Crippen LogP contribution is 2.21. The molecule has 1 saturated heterocycles. The fraction of sp³-hybridized carbons (Fsp3) is 0.435. The van der Waals surface area contributed by atoms with Gasteiger partial charge in [0.25, 0.3) is 5.91 Å². The third-order valence-electron chi connectivity index (χ3n) is 5.37. The third kappa shape index (κ3) is 5.52. The number of H-pyrrole nitrogens is 1. The predicted octanol–water partition coefficient (Wildman–Crippen LogP) is 3.20. The minimum atomic E-state index is -0.490. The summed E-state index contributed by atoms with van der Waals surface area (Å²) in [6.45, 7) is 5.19. The van der Waals surface area contributed by atoms with Gasteiger partial charge in [-0.1, -0.05) is 12.1 Å². The van der Waals surface area contributed by atoms with Crippen LogP contribution in [0.3, 0.4) is 0 Å². The molecule has 0 unspecified atom stereocenters. The highest BCUT2D eigenvalue weighted by Gasteiger charge is 2.23. The molecule has 8 heteroatoms. The number of ether oxygens (including phenoxy) is 2. The molecule has 1 aliphatic rings. The second kappa shape index (κ2) is 10.3. The van der Waals surface area contributed by atoms with E-state index in [1.807, 2.05) is 23.1 Å². The maximum Gasteiger partial charge on any atom is 0.340 e. The molecule has 2 N–H and O–H groups in total. The molecule has 0 radical (unpaired) electrons. The molecule has 1 aromatic carbocycles. The molecule has 8 nitrogen and oxygen atoms in total. The van der Waals surface area contributed by atoms with E-state index in [2.05, 4.69) is 10.3 Å². The minimum absolute atomic E-state index is 0.146. The van der Waals surface area contributed by atoms with Gasteiger partial charge in [0.15, 0.2) is 0 Å². The zero-order chi connectivity index (χ0) is 22.4. The summed E-state index contributed by atoms with van der Waals surface area (Å²) in [6.07, 6.45) is 2.56. The molecule has 3 rings (SSSR count). The molecule has 0 atom stereocenters. The predicted molar refractivity (Wildman–Crippen MR) is 116 cm³/mol. The van der Waals surface area contributed by atoms with Gasteiger partial charge in [-0.15, -0.1) is 0 Å². The SMILES string of the molecule is COCCOC(=O)c1c(C)[nH]c(C(=O)Nc2cccc(CN3CCCCC3=O)c2)c1C. The first kappa shape index (κ1) is 22.6. The third-order valence-corrected chi connectivity index (χ3v) is 5.37. The van der Waals surface area contributed by atoms with Crippen LogP contribution in [0.5, 0.6) is 0 Å². The molecule has 2 aromatic rings. The van der Waals surface area contributed by atoms with Crippen molar-refractivity contribution in [2.75, 3.05) is 32.2 Å². The fourth-order valence-corrected chi connectivity index (χ4v) is 3.76. The van der Waals surface area contributed by atoms with Crippen LogP contribution >= 0.6 is 0 Å². The van der Waals surface area contributed by atoms with Crippen molar-refractivity contribution >= 4 is 23.5 Å². The van der Waals surface area contributed by atoms with Crippen molar-refractivity contribution in [2.45, 2.75) is 39.7 Å². The summed E-state index contributed by atoms with van der Waals surface area (Å²) in [5, 5.41) is 2.87. The Balaban J connectivity index is 1.69. The van der Waals surface area contributed by atoms with E-state index in [-0.39, 0.29) is 18.4 Å². The molecule has 0 saturated carbocycles. The van der Waals surface area contributed by atoms with Crippen LogP contribution in [0.4, 0.5) is 5.69 Å². The largest absolute Gasteiger partial charge is 0.460 e. The Morgan fingerprint density at radius 1 is 1.19 bits per heavy atom. The first-order valence-electron chi connectivity index (χ1n) is 10.4. The van der Waals surface area contributed by atoms with Crippen LogP contribution in [-0.2, 0) is 20.8 Å². The number of methoxy groups -OCH3 is 1. The fourth-order valence-electron chi connectivity index (χ4n) is 3.76. The van der Waals surface area contributed by atoms with Crippen LogP contribution in [-0.4, -0.2) is 54.5 Å². The maximum atomic E-state index is 12.9. The molecule has 0 aliphatic carbocycles. The lowest BCUT2D eigenvalue weighted by atomic mass is 10.1. The van der Waals surface area contributed by atoms with Gasteiger partial charge in [0, 0.05) is 38.0 Å². The molecule has 166 valence electrons. The van der Waals surface area contributed by atoms with Crippen LogP contribution in [0.2, 0.25) is 0 Å². The number of nitrogens with one attached hydrogen (secondary N) is 2. The van der Waals surface area contributed by atoms with E-state index in [0.29, 0.717) is 47.8 Å². The van der Waals surface area contributed by atoms with E-state index in [1.165, 1.54) is 7.11 Å². The van der Waals surface area contributed by atoms with Gasteiger partial charge >= 0.3 is 5.97 Å². The number of hydrogen-bond donors (Lipinski definition) is 2. The number of aromatic amines is 1. The van der Waals surface area contributed by atoms with E-state index < -0.39 is 5.97 Å². The van der Waals surface area contributed by atoms with Crippen molar-refractivity contribution in [3.63, 3.8) is 0 Å². The van der Waals surface area contributed by atoms with Crippen molar-refractivity contribution in [1.82, 2.24) is 9.88 Å². The number of hydrogen-bond acceptors (Lipinski definition) is 5. The highest BCUT2D eigenvalue weighted by atomic mass is 16.6. The smallest absolute Gasteiger partial charge is 0.340 e. The Labute approximate surface area is 181 Å². The number of aryl methyl sites for hydroxylation is 1. The van der Waals surface area contributed by atoms with Crippen LogP contribution < -0.4 is 5.32 Å². The Morgan fingerprint density at radius 3 is 2.74 bits per heavy atom. The van der Waals surface area contributed by atoms with Gasteiger partial charge in [0.1, 0.15) is 12.3 Å². The highest BCUT2D eigenvalue weighted by molar-refractivity contribution is 6.06. The van der Waals surface area contributed by atoms with Crippen LogP contribution in [0, 0.1) is 13.8 Å². The van der Waals surface area contributed by atoms with Crippen molar-refractivity contribution in [3.05, 3.63) is 52.3 Å². The molecule has 2 amide bonds. The van der Waals surface area contributed by atoms with Gasteiger partial charge < -0.3 is 24.7 Å². The summed E-state index contributed by atoms with van der Waals surface area (Å²) in [4.78, 5) is 42.1. The molecular formula is C23H29N3O5. The van der Waals surface area contributed by atoms with Gasteiger partial charge in [-0.2, -0.15) is 0 Å². The Morgan fingerprint density at radius 2 is 2.00 bits per heavy atom. The zero-order valence-electron chi connectivity index (χ0n) is 18.2. The van der Waals surface area contributed by atoms with E-state index >= 15 is 0 Å². The number of esters is 1. The van der Waals surface area contributed by atoms with E-state index in [1.54, 1.807) is 19.9 Å². The zero-order valence-corrected chi connectivity index (χ0v) is 18.2. The summed E-state index contributed by atoms with van der Waals surface area (Å²) in [7, 11) is 1.53. The maximum absolute atomic E-state index is 12.9. The Hall–Kier alpha value is -3.13. The average Bonchev–Trinajstić information content (AvgIpc) is 3.04. The number of carbonyl (C=O) groups excluding carboxylic acids is 3. The monoisotopic (exact) mass is 427 g/mol. The summed E-state index contributed by atoms with van der Waals surface area (Å²) in [5.41, 5.74) is 3.36. The second-order valence-corrected chi connectivity index (χ2v) is 7.68. The molecule has 0 spiro atoms. The lowest BCUT2D eigenvalue weighted by molar-refractivity contribution is -0.133. The number of piperidine rings is 1. The molecule has 31 heavy (non-hydrogen) atoms. The quantitative estimate of drug-likeness (QED) is 0.498. The number of amides is 2. The molecule has 2 heterocycles. The number of carbonyl (C=O) groups is 3. The lowest BCUT2D eigenvalue weighted by Gasteiger charge is -2.26. The summed E-state index contributed by atoms with van der Waals surface area (Å²) in [5.74, 6) is -0.665. The minimum Gasteiger partial charge on any atom is -0.460 e. The topological polar surface area (TPSA) is 101 Å². The summed E-state index contributed by atoms with van der Waals surface area (Å²) in [6, 6.07) is 7.45. The Kier molecular flexibility index (Phi) is 7.46. The van der Waals surface area contributed by atoms with E-state index in [4.69, 9.17) is 9.47 Å². The second-order valence-electron chi connectivity index (χ2n) is 7.68. The number of nitrogens with zero attached hydrogens (tertiary/aromatic N) is 1. The number of likely N-dealkylation sites (tertiary alicyclic amines) is 1. The molecule has 1 aliphatic heterocycles. The van der Waals surface area contributed by atoms with Gasteiger partial charge in [-0.05, 0) is 49.9 Å². The van der Waals surface area contributed by atoms with Gasteiger partial charge in [-0.25, -0.2) is 4.79 Å². The van der Waals surface area contributed by atoms with Crippen molar-refractivity contribution < 1.29 is 23.9 Å². The van der Waals surface area contributed by atoms with Crippen molar-refractivity contribution in [2.24, 2.45) is 0 Å². The van der Waals surface area contributed by atoms with Crippen molar-refractivity contribution in [1.29, 1.82) is 0 Å². The van der Waals surface area contributed by atoms with E-state index in [9.17, 15) is 14.4 Å². The molecule has 1 fully saturated rings. The number of anilines is 1. The average molecular weight is 428 g/mol. The van der Waals surface area contributed by atoms with Gasteiger partial charge in [0.05, 0.1) is 12.2 Å². The summed E-state index contributed by atoms with van der Waals surface area (Å²) < 4.78 is 10.1. The normalized spacial score (nSPS) is 13.9. The number of benzene rings is 1. The lowest BCUT2D eigenvalue weighted by Crippen LogP contribution is -2.34. The molecule has 0 bridgehead atoms. The first-order chi connectivity index (χ1) is 14.9. The van der Waals surface area contributed by atoms with E-state index in [0.717, 1.165) is 24.9 Å². The van der Waals surface area contributed by atoms with Crippen LogP contribution in [0.15, 0.2) is 24.3 Å². The van der Waals surface area contributed by atoms with Gasteiger partial charge in [0.2, 0.25) is 5.91 Å². The number of rotatable bonds is 8. The van der Waals surface area contributed by atoms with Crippen molar-refractivity contribution in [3.8, 4) is 0 Å². The molecule has 1 aromatic heterocycles. The van der Waals surface area contributed by atoms with Crippen LogP contribution in [0.1, 0.15) is 56.9 Å². The first-order valence-corrected chi connectivity index (χ1v) is 10.4. The molecular weight excluding hydrogens is 398 g/mol. The van der Waals surface area contributed by atoms with Gasteiger partial charge in [-0.3, -0.25) is 9.59 Å². The standard InChI is InChI=1S/C23H29N3O5/c1-15-20(23(29)31-12-11-30-3)16(2)24-21(15)22(28)25-18-8-6-7-17(13-18)14-26-10-5-4-9-19(26)27/h6-8,13,24H,4-5,9-12,14H2,1-3H3,(H,25,28).